The molecule has 1 rings (SSSR count). The van der Waals surface area contributed by atoms with Crippen molar-refractivity contribution in [3.8, 4) is 5.75 Å². The number of ether oxygens (including phenoxy) is 1. The third kappa shape index (κ3) is 4.38. The van der Waals surface area contributed by atoms with Crippen molar-refractivity contribution in [3.05, 3.63) is 28.3 Å². The van der Waals surface area contributed by atoms with E-state index in [2.05, 4.69) is 4.72 Å². The second kappa shape index (κ2) is 7.34. The van der Waals surface area contributed by atoms with Crippen LogP contribution in [-0.2, 0) is 10.0 Å². The average Bonchev–Trinajstić information content (AvgIpc) is 2.45. The molecule has 1 atom stereocenters. The highest BCUT2D eigenvalue weighted by atomic mass is 32.2. The number of methoxy groups -OCH3 is 1. The van der Waals surface area contributed by atoms with Gasteiger partial charge in [-0.2, -0.15) is 0 Å². The van der Waals surface area contributed by atoms with Crippen LogP contribution >= 0.6 is 0 Å². The van der Waals surface area contributed by atoms with Gasteiger partial charge in [0.05, 0.1) is 18.1 Å². The van der Waals surface area contributed by atoms with Crippen LogP contribution in [0.3, 0.4) is 0 Å². The SMILES string of the molecule is CCCC(CN)NS(=O)(=O)c1ccc([N+](=O)[O-])cc1OC. The molecule has 0 radical (unpaired) electrons. The number of benzene rings is 1. The Morgan fingerprint density at radius 1 is 1.48 bits per heavy atom. The first-order chi connectivity index (χ1) is 9.85. The number of nitro groups is 1. The quantitative estimate of drug-likeness (QED) is 0.544. The highest BCUT2D eigenvalue weighted by Crippen LogP contribution is 2.28. The van der Waals surface area contributed by atoms with Gasteiger partial charge in [-0.05, 0) is 12.5 Å². The molecule has 21 heavy (non-hydrogen) atoms. The molecule has 0 aliphatic carbocycles. The molecule has 1 aromatic carbocycles. The minimum Gasteiger partial charge on any atom is -0.495 e. The van der Waals surface area contributed by atoms with E-state index in [0.29, 0.717) is 6.42 Å². The lowest BCUT2D eigenvalue weighted by atomic mass is 10.2. The van der Waals surface area contributed by atoms with Crippen LogP contribution in [0, 0.1) is 10.1 Å². The van der Waals surface area contributed by atoms with Gasteiger partial charge in [-0.25, -0.2) is 13.1 Å². The first-order valence-corrected chi connectivity index (χ1v) is 7.88. The fourth-order valence-electron chi connectivity index (χ4n) is 1.85. The molecule has 118 valence electrons. The summed E-state index contributed by atoms with van der Waals surface area (Å²) in [7, 11) is -2.60. The lowest BCUT2D eigenvalue weighted by molar-refractivity contribution is -0.385. The number of hydrogen-bond acceptors (Lipinski definition) is 6. The number of sulfonamides is 1. The van der Waals surface area contributed by atoms with Gasteiger partial charge in [0, 0.05) is 18.7 Å². The van der Waals surface area contributed by atoms with Crippen molar-refractivity contribution in [2.45, 2.75) is 30.7 Å². The van der Waals surface area contributed by atoms with Crippen LogP contribution in [0.5, 0.6) is 5.75 Å². The summed E-state index contributed by atoms with van der Waals surface area (Å²) in [5.41, 5.74) is 5.29. The lowest BCUT2D eigenvalue weighted by Gasteiger charge is -2.17. The van der Waals surface area contributed by atoms with Crippen LogP contribution in [0.4, 0.5) is 5.69 Å². The Bertz CT molecular complexity index is 603. The maximum atomic E-state index is 12.3. The molecule has 0 aliphatic rings. The molecule has 0 spiro atoms. The molecule has 0 fully saturated rings. The molecule has 9 heteroatoms. The molecular weight excluding hydrogens is 298 g/mol. The van der Waals surface area contributed by atoms with Gasteiger partial charge in [-0.15, -0.1) is 0 Å². The standard InChI is InChI=1S/C12H19N3O5S/c1-3-4-9(8-13)14-21(18,19)12-6-5-10(15(16)17)7-11(12)20-2/h5-7,9,14H,3-4,8,13H2,1-2H3. The minimum absolute atomic E-state index is 0.0797. The molecule has 3 N–H and O–H groups in total. The highest BCUT2D eigenvalue weighted by molar-refractivity contribution is 7.89. The van der Waals surface area contributed by atoms with Crippen molar-refractivity contribution in [2.24, 2.45) is 5.73 Å². The number of hydrogen-bond donors (Lipinski definition) is 2. The largest absolute Gasteiger partial charge is 0.495 e. The zero-order valence-electron chi connectivity index (χ0n) is 11.9. The van der Waals surface area contributed by atoms with Crippen molar-refractivity contribution in [3.63, 3.8) is 0 Å². The highest BCUT2D eigenvalue weighted by Gasteiger charge is 2.24. The van der Waals surface area contributed by atoms with Gasteiger partial charge in [0.15, 0.2) is 0 Å². The third-order valence-electron chi connectivity index (χ3n) is 2.89. The van der Waals surface area contributed by atoms with Gasteiger partial charge >= 0.3 is 0 Å². The van der Waals surface area contributed by atoms with Crippen LogP contribution in [-0.4, -0.2) is 33.0 Å². The Hall–Kier alpha value is -1.71. The Labute approximate surface area is 123 Å². The fourth-order valence-corrected chi connectivity index (χ4v) is 3.28. The molecule has 1 unspecified atom stereocenters. The van der Waals surface area contributed by atoms with Crippen molar-refractivity contribution in [2.75, 3.05) is 13.7 Å². The summed E-state index contributed by atoms with van der Waals surface area (Å²) in [5, 5.41) is 10.7. The van der Waals surface area contributed by atoms with E-state index in [4.69, 9.17) is 10.5 Å². The van der Waals surface area contributed by atoms with E-state index in [9.17, 15) is 18.5 Å². The smallest absolute Gasteiger partial charge is 0.273 e. The van der Waals surface area contributed by atoms with Gasteiger partial charge in [0.2, 0.25) is 10.0 Å². The molecule has 8 nitrogen and oxygen atoms in total. The van der Waals surface area contributed by atoms with Gasteiger partial charge < -0.3 is 10.5 Å². The van der Waals surface area contributed by atoms with E-state index in [1.165, 1.54) is 7.11 Å². The first-order valence-electron chi connectivity index (χ1n) is 6.40. The van der Waals surface area contributed by atoms with Crippen LogP contribution in [0.15, 0.2) is 23.1 Å². The van der Waals surface area contributed by atoms with Crippen LogP contribution in [0.2, 0.25) is 0 Å². The number of nitro benzene ring substituents is 1. The average molecular weight is 317 g/mol. The first kappa shape index (κ1) is 17.3. The van der Waals surface area contributed by atoms with Crippen molar-refractivity contribution in [1.82, 2.24) is 4.72 Å². The topological polar surface area (TPSA) is 125 Å². The van der Waals surface area contributed by atoms with Gasteiger partial charge in [-0.3, -0.25) is 10.1 Å². The van der Waals surface area contributed by atoms with E-state index in [1.54, 1.807) is 0 Å². The number of non-ortho nitro benzene ring substituents is 1. The van der Waals surface area contributed by atoms with E-state index in [-0.39, 0.29) is 28.9 Å². The van der Waals surface area contributed by atoms with E-state index in [1.807, 2.05) is 6.92 Å². The predicted molar refractivity (Wildman–Crippen MR) is 77.7 cm³/mol. The summed E-state index contributed by atoms with van der Waals surface area (Å²) in [6.07, 6.45) is 1.38. The zero-order valence-corrected chi connectivity index (χ0v) is 12.7. The molecular formula is C12H19N3O5S. The van der Waals surface area contributed by atoms with Crippen molar-refractivity contribution >= 4 is 15.7 Å². The number of nitrogens with zero attached hydrogens (tertiary/aromatic N) is 1. The molecule has 1 aromatic rings. The van der Waals surface area contributed by atoms with Crippen LogP contribution < -0.4 is 15.2 Å². The van der Waals surface area contributed by atoms with Gasteiger partial charge in [-0.1, -0.05) is 13.3 Å². The monoisotopic (exact) mass is 317 g/mol. The summed E-state index contributed by atoms with van der Waals surface area (Å²) in [6.45, 7) is 2.09. The Morgan fingerprint density at radius 3 is 2.62 bits per heavy atom. The third-order valence-corrected chi connectivity index (χ3v) is 4.45. The Balaban J connectivity index is 3.15. The van der Waals surface area contributed by atoms with E-state index >= 15 is 0 Å². The molecule has 0 saturated carbocycles. The lowest BCUT2D eigenvalue weighted by Crippen LogP contribution is -2.40. The van der Waals surface area contributed by atoms with Crippen LogP contribution in [0.25, 0.3) is 0 Å². The van der Waals surface area contributed by atoms with Crippen molar-refractivity contribution in [1.29, 1.82) is 0 Å². The minimum atomic E-state index is -3.86. The molecule has 0 aromatic heterocycles. The fraction of sp³-hybridized carbons (Fsp3) is 0.500. The molecule has 0 heterocycles. The van der Waals surface area contributed by atoms with E-state index in [0.717, 1.165) is 24.6 Å². The van der Waals surface area contributed by atoms with Crippen molar-refractivity contribution < 1.29 is 18.1 Å². The molecule has 0 amide bonds. The summed E-state index contributed by atoms with van der Waals surface area (Å²) >= 11 is 0. The summed E-state index contributed by atoms with van der Waals surface area (Å²) in [6, 6.07) is 2.96. The number of nitrogens with two attached hydrogens (primary N) is 1. The summed E-state index contributed by atoms with van der Waals surface area (Å²) in [4.78, 5) is 9.94. The van der Waals surface area contributed by atoms with E-state index < -0.39 is 14.9 Å². The second-order valence-corrected chi connectivity index (χ2v) is 6.12. The van der Waals surface area contributed by atoms with Gasteiger partial charge in [0.25, 0.3) is 5.69 Å². The number of nitrogens with one attached hydrogen (secondary N) is 1. The normalized spacial score (nSPS) is 12.9. The molecule has 0 saturated heterocycles. The number of rotatable bonds is 8. The Kier molecular flexibility index (Phi) is 6.06. The zero-order chi connectivity index (χ0) is 16.0. The second-order valence-electron chi connectivity index (χ2n) is 4.43. The van der Waals surface area contributed by atoms with Crippen LogP contribution in [0.1, 0.15) is 19.8 Å². The Morgan fingerprint density at radius 2 is 2.14 bits per heavy atom. The summed E-state index contributed by atoms with van der Waals surface area (Å²) in [5.74, 6) is -0.0797. The summed E-state index contributed by atoms with van der Waals surface area (Å²) < 4.78 is 32.1. The maximum absolute atomic E-state index is 12.3. The molecule has 0 aliphatic heterocycles. The van der Waals surface area contributed by atoms with Gasteiger partial charge in [0.1, 0.15) is 10.6 Å². The predicted octanol–water partition coefficient (Wildman–Crippen LogP) is 1.01. The molecule has 0 bridgehead atoms. The maximum Gasteiger partial charge on any atom is 0.273 e.